The number of hydrogen-bond donors (Lipinski definition) is 1. The number of amides is 1. The van der Waals surface area contributed by atoms with Crippen molar-refractivity contribution in [2.24, 2.45) is 0 Å². The first kappa shape index (κ1) is 15.2. The molecule has 120 valence electrons. The molecule has 0 aromatic heterocycles. The molecule has 1 saturated heterocycles. The zero-order chi connectivity index (χ0) is 15.7. The molecule has 5 nitrogen and oxygen atoms in total. The molecule has 1 amide bonds. The van der Waals surface area contributed by atoms with Gasteiger partial charge in [0.05, 0.1) is 12.2 Å². The van der Waals surface area contributed by atoms with Crippen LogP contribution in [0.15, 0.2) is 24.3 Å². The zero-order valence-electron chi connectivity index (χ0n) is 13.1. The highest BCUT2D eigenvalue weighted by atomic mass is 16.5. The third-order valence-corrected chi connectivity index (χ3v) is 4.53. The quantitative estimate of drug-likeness (QED) is 0.909. The molecule has 1 fully saturated rings. The Morgan fingerprint density at radius 1 is 1.36 bits per heavy atom. The largest absolute Gasteiger partial charge is 0.487 e. The van der Waals surface area contributed by atoms with Gasteiger partial charge in [-0.25, -0.2) is 4.79 Å². The van der Waals surface area contributed by atoms with Crippen LogP contribution in [0.3, 0.4) is 0 Å². The molecule has 2 heterocycles. The van der Waals surface area contributed by atoms with Gasteiger partial charge in [0.15, 0.2) is 0 Å². The van der Waals surface area contributed by atoms with Crippen molar-refractivity contribution in [3.05, 3.63) is 29.8 Å². The number of fused-ring (bicyclic) bond motifs is 1. The fraction of sp³-hybridized carbons (Fsp3) is 0.588. The van der Waals surface area contributed by atoms with Crippen molar-refractivity contribution < 1.29 is 19.4 Å². The summed E-state index contributed by atoms with van der Waals surface area (Å²) < 4.78 is 12.4. The molecule has 0 aliphatic carbocycles. The van der Waals surface area contributed by atoms with Gasteiger partial charge in [0, 0.05) is 37.9 Å². The fourth-order valence-electron chi connectivity index (χ4n) is 3.42. The zero-order valence-corrected chi connectivity index (χ0v) is 13.1. The molecule has 1 aromatic carbocycles. The van der Waals surface area contributed by atoms with Crippen molar-refractivity contribution in [1.29, 1.82) is 0 Å². The van der Waals surface area contributed by atoms with Gasteiger partial charge in [-0.15, -0.1) is 0 Å². The van der Waals surface area contributed by atoms with E-state index in [4.69, 9.17) is 14.6 Å². The molecule has 0 bridgehead atoms. The first-order valence-corrected chi connectivity index (χ1v) is 7.90. The van der Waals surface area contributed by atoms with E-state index in [0.717, 1.165) is 17.7 Å². The highest BCUT2D eigenvalue weighted by Gasteiger charge is 2.44. The lowest BCUT2D eigenvalue weighted by molar-refractivity contribution is -0.0877. The SMILES string of the molecule is CC(C)OC1CC2(CCN(C(=O)O)CC2)Oc2ccccc21. The number of ether oxygens (including phenoxy) is 2. The van der Waals surface area contributed by atoms with E-state index in [1.807, 2.05) is 32.0 Å². The Kier molecular flexibility index (Phi) is 4.00. The number of piperidine rings is 1. The summed E-state index contributed by atoms with van der Waals surface area (Å²) in [6.45, 7) is 5.12. The maximum absolute atomic E-state index is 11.1. The molecule has 1 N–H and O–H groups in total. The minimum absolute atomic E-state index is 0.0151. The number of benzene rings is 1. The monoisotopic (exact) mass is 305 g/mol. The van der Waals surface area contributed by atoms with Crippen LogP contribution < -0.4 is 4.74 Å². The van der Waals surface area contributed by atoms with Crippen LogP contribution in [0, 0.1) is 0 Å². The maximum Gasteiger partial charge on any atom is 0.407 e. The summed E-state index contributed by atoms with van der Waals surface area (Å²) in [7, 11) is 0. The van der Waals surface area contributed by atoms with Crippen LogP contribution in [0.5, 0.6) is 5.75 Å². The van der Waals surface area contributed by atoms with E-state index >= 15 is 0 Å². The summed E-state index contributed by atoms with van der Waals surface area (Å²) in [5.41, 5.74) is 0.794. The average molecular weight is 305 g/mol. The van der Waals surface area contributed by atoms with Crippen LogP contribution in [-0.2, 0) is 4.74 Å². The number of rotatable bonds is 2. The first-order valence-electron chi connectivity index (χ1n) is 7.90. The van der Waals surface area contributed by atoms with Crippen molar-refractivity contribution in [2.45, 2.75) is 50.9 Å². The van der Waals surface area contributed by atoms with Gasteiger partial charge in [-0.2, -0.15) is 0 Å². The second kappa shape index (κ2) is 5.80. The summed E-state index contributed by atoms with van der Waals surface area (Å²) in [5.74, 6) is 0.878. The normalized spacial score (nSPS) is 23.2. The third-order valence-electron chi connectivity index (χ3n) is 4.53. The Morgan fingerprint density at radius 3 is 2.68 bits per heavy atom. The topological polar surface area (TPSA) is 59.0 Å². The van der Waals surface area contributed by atoms with Gasteiger partial charge in [-0.1, -0.05) is 18.2 Å². The average Bonchev–Trinajstić information content (AvgIpc) is 2.47. The summed E-state index contributed by atoms with van der Waals surface area (Å²) >= 11 is 0. The number of carboxylic acid groups (broad SMARTS) is 1. The molecule has 22 heavy (non-hydrogen) atoms. The minimum atomic E-state index is -0.846. The predicted octanol–water partition coefficient (Wildman–Crippen LogP) is 3.45. The summed E-state index contributed by atoms with van der Waals surface area (Å²) in [5, 5.41) is 9.11. The highest BCUT2D eigenvalue weighted by molar-refractivity contribution is 5.65. The molecule has 1 unspecified atom stereocenters. The van der Waals surface area contributed by atoms with Gasteiger partial charge in [-0.3, -0.25) is 0 Å². The molecule has 5 heteroatoms. The van der Waals surface area contributed by atoms with Crippen molar-refractivity contribution in [3.8, 4) is 5.75 Å². The van der Waals surface area contributed by atoms with E-state index in [1.165, 1.54) is 4.90 Å². The van der Waals surface area contributed by atoms with E-state index in [2.05, 4.69) is 6.07 Å². The van der Waals surface area contributed by atoms with Crippen molar-refractivity contribution in [3.63, 3.8) is 0 Å². The van der Waals surface area contributed by atoms with E-state index in [1.54, 1.807) is 0 Å². The van der Waals surface area contributed by atoms with Crippen LogP contribution in [-0.4, -0.2) is 40.9 Å². The molecule has 0 radical (unpaired) electrons. The van der Waals surface area contributed by atoms with Gasteiger partial charge in [0.25, 0.3) is 0 Å². The number of likely N-dealkylation sites (tertiary alicyclic amines) is 1. The Balaban J connectivity index is 1.82. The molecular weight excluding hydrogens is 282 g/mol. The van der Waals surface area contributed by atoms with E-state index < -0.39 is 6.09 Å². The number of para-hydroxylation sites is 1. The van der Waals surface area contributed by atoms with Gasteiger partial charge in [0.2, 0.25) is 0 Å². The molecule has 0 saturated carbocycles. The number of nitrogens with zero attached hydrogens (tertiary/aromatic N) is 1. The van der Waals surface area contributed by atoms with E-state index in [0.29, 0.717) is 25.9 Å². The molecule has 1 spiro atoms. The minimum Gasteiger partial charge on any atom is -0.487 e. The molecule has 1 atom stereocenters. The number of hydrogen-bond acceptors (Lipinski definition) is 3. The first-order chi connectivity index (χ1) is 10.5. The van der Waals surface area contributed by atoms with Gasteiger partial charge in [0.1, 0.15) is 11.4 Å². The smallest absolute Gasteiger partial charge is 0.407 e. The van der Waals surface area contributed by atoms with Gasteiger partial charge in [-0.05, 0) is 19.9 Å². The van der Waals surface area contributed by atoms with Crippen molar-refractivity contribution >= 4 is 6.09 Å². The lowest BCUT2D eigenvalue weighted by atomic mass is 9.81. The van der Waals surface area contributed by atoms with Gasteiger partial charge < -0.3 is 19.5 Å². The standard InChI is InChI=1S/C17H23NO4/c1-12(2)21-15-11-17(7-9-18(10-8-17)16(19)20)22-14-6-4-3-5-13(14)15/h3-6,12,15H,7-11H2,1-2H3,(H,19,20). The second-order valence-corrected chi connectivity index (χ2v) is 6.47. The molecular formula is C17H23NO4. The summed E-state index contributed by atoms with van der Waals surface area (Å²) in [6.07, 6.45) is 1.53. The predicted molar refractivity (Wildman–Crippen MR) is 82.2 cm³/mol. The van der Waals surface area contributed by atoms with E-state index in [9.17, 15) is 4.79 Å². The van der Waals surface area contributed by atoms with Crippen LogP contribution in [0.25, 0.3) is 0 Å². The third kappa shape index (κ3) is 2.90. The second-order valence-electron chi connectivity index (χ2n) is 6.47. The molecule has 1 aromatic rings. The van der Waals surface area contributed by atoms with Crippen molar-refractivity contribution in [2.75, 3.05) is 13.1 Å². The Labute approximate surface area is 130 Å². The van der Waals surface area contributed by atoms with Crippen LogP contribution in [0.2, 0.25) is 0 Å². The summed E-state index contributed by atoms with van der Waals surface area (Å²) in [4.78, 5) is 12.6. The lowest BCUT2D eigenvalue weighted by Gasteiger charge is -2.46. The Bertz CT molecular complexity index is 549. The Morgan fingerprint density at radius 2 is 2.05 bits per heavy atom. The van der Waals surface area contributed by atoms with Crippen LogP contribution in [0.4, 0.5) is 4.79 Å². The lowest BCUT2D eigenvalue weighted by Crippen LogP contribution is -2.51. The van der Waals surface area contributed by atoms with Crippen molar-refractivity contribution in [1.82, 2.24) is 4.90 Å². The van der Waals surface area contributed by atoms with Crippen LogP contribution in [0.1, 0.15) is 44.8 Å². The number of carbonyl (C=O) groups is 1. The van der Waals surface area contributed by atoms with Crippen LogP contribution >= 0.6 is 0 Å². The van der Waals surface area contributed by atoms with Gasteiger partial charge >= 0.3 is 6.09 Å². The Hall–Kier alpha value is -1.75. The van der Waals surface area contributed by atoms with E-state index in [-0.39, 0.29) is 17.8 Å². The summed E-state index contributed by atoms with van der Waals surface area (Å²) in [6, 6.07) is 8.01. The maximum atomic E-state index is 11.1. The highest BCUT2D eigenvalue weighted by Crippen LogP contribution is 2.46. The molecule has 2 aliphatic rings. The molecule has 2 aliphatic heterocycles. The molecule has 3 rings (SSSR count). The fourth-order valence-corrected chi connectivity index (χ4v) is 3.42.